The Bertz CT molecular complexity index is 333. The van der Waals surface area contributed by atoms with Crippen molar-refractivity contribution in [2.45, 2.75) is 45.3 Å². The van der Waals surface area contributed by atoms with Gasteiger partial charge in [-0.3, -0.25) is 9.89 Å². The van der Waals surface area contributed by atoms with E-state index in [1.165, 1.54) is 0 Å². The van der Waals surface area contributed by atoms with E-state index in [9.17, 15) is 4.79 Å². The second-order valence-electron chi connectivity index (χ2n) is 5.40. The molecule has 0 aromatic carbocycles. The maximum atomic E-state index is 12.0. The fourth-order valence-electron chi connectivity index (χ4n) is 2.12. The fraction of sp³-hybridized carbons (Fsp3) is 0.833. The van der Waals surface area contributed by atoms with Gasteiger partial charge in [-0.1, -0.05) is 0 Å². The van der Waals surface area contributed by atoms with Crippen LogP contribution in [-0.4, -0.2) is 48.2 Å². The Labute approximate surface area is 102 Å². The molecule has 2 aliphatic heterocycles. The lowest BCUT2D eigenvalue weighted by Crippen LogP contribution is -2.43. The number of aliphatic imine (C=N–C) groups is 1. The summed E-state index contributed by atoms with van der Waals surface area (Å²) in [5.41, 5.74) is -0.456. The lowest BCUT2D eigenvalue weighted by atomic mass is 10.2. The smallest absolute Gasteiger partial charge is 0.410 e. The Balaban J connectivity index is 2.01. The van der Waals surface area contributed by atoms with E-state index in [2.05, 4.69) is 4.99 Å². The Morgan fingerprint density at radius 3 is 2.88 bits per heavy atom. The molecule has 2 aliphatic rings. The van der Waals surface area contributed by atoms with E-state index in [0.29, 0.717) is 19.0 Å². The molecule has 1 unspecified atom stereocenters. The van der Waals surface area contributed by atoms with E-state index in [-0.39, 0.29) is 12.1 Å². The summed E-state index contributed by atoms with van der Waals surface area (Å²) in [4.78, 5) is 18.0. The maximum absolute atomic E-state index is 12.0. The molecule has 0 spiro atoms. The van der Waals surface area contributed by atoms with Gasteiger partial charge in [0.05, 0.1) is 6.54 Å². The predicted octanol–water partition coefficient (Wildman–Crippen LogP) is 1.81. The monoisotopic (exact) mass is 240 g/mol. The Morgan fingerprint density at radius 2 is 2.29 bits per heavy atom. The summed E-state index contributed by atoms with van der Waals surface area (Å²) in [6, 6.07) is -0.0210. The average molecular weight is 240 g/mol. The highest BCUT2D eigenvalue weighted by molar-refractivity contribution is 5.87. The first-order valence-corrected chi connectivity index (χ1v) is 6.14. The molecule has 0 aliphatic carbocycles. The number of hydrogen-bond acceptors (Lipinski definition) is 4. The van der Waals surface area contributed by atoms with Crippen molar-refractivity contribution in [3.05, 3.63) is 0 Å². The minimum Gasteiger partial charge on any atom is -0.478 e. The zero-order valence-electron chi connectivity index (χ0n) is 10.7. The summed E-state index contributed by atoms with van der Waals surface area (Å²) in [5.74, 6) is 0.702. The van der Waals surface area contributed by atoms with Crippen molar-refractivity contribution >= 4 is 12.0 Å². The summed E-state index contributed by atoms with van der Waals surface area (Å²) in [7, 11) is 0. The van der Waals surface area contributed by atoms with E-state index in [1.807, 2.05) is 20.8 Å². The van der Waals surface area contributed by atoms with Crippen LogP contribution < -0.4 is 0 Å². The lowest BCUT2D eigenvalue weighted by molar-refractivity contribution is 0.0254. The molecule has 17 heavy (non-hydrogen) atoms. The standard InChI is InChI=1S/C12H20N2O3/c1-12(2,3)17-11(15)14-7-4-5-9(14)10-13-6-8-16-10/h9H,4-8H2,1-3H3. The molecule has 0 radical (unpaired) electrons. The van der Waals surface area contributed by atoms with Crippen LogP contribution in [0.25, 0.3) is 0 Å². The van der Waals surface area contributed by atoms with Gasteiger partial charge in [-0.05, 0) is 33.6 Å². The van der Waals surface area contributed by atoms with Gasteiger partial charge in [-0.15, -0.1) is 0 Å². The van der Waals surface area contributed by atoms with Crippen LogP contribution >= 0.6 is 0 Å². The van der Waals surface area contributed by atoms with Crippen molar-refractivity contribution in [3.8, 4) is 0 Å². The highest BCUT2D eigenvalue weighted by Crippen LogP contribution is 2.23. The number of hydrogen-bond donors (Lipinski definition) is 0. The minimum atomic E-state index is -0.456. The predicted molar refractivity (Wildman–Crippen MR) is 64.2 cm³/mol. The van der Waals surface area contributed by atoms with E-state index in [1.54, 1.807) is 4.90 Å². The summed E-state index contributed by atoms with van der Waals surface area (Å²) in [6.45, 7) is 7.68. The van der Waals surface area contributed by atoms with Gasteiger partial charge < -0.3 is 9.47 Å². The number of nitrogens with zero attached hydrogens (tertiary/aromatic N) is 2. The first kappa shape index (κ1) is 12.2. The third-order valence-corrected chi connectivity index (χ3v) is 2.77. The number of carbonyl (C=O) groups is 1. The molecule has 5 nitrogen and oxygen atoms in total. The zero-order valence-corrected chi connectivity index (χ0v) is 10.7. The van der Waals surface area contributed by atoms with Crippen LogP contribution in [0.1, 0.15) is 33.6 Å². The molecule has 0 aromatic rings. The van der Waals surface area contributed by atoms with Gasteiger partial charge in [0.2, 0.25) is 5.90 Å². The van der Waals surface area contributed by atoms with Crippen molar-refractivity contribution in [3.63, 3.8) is 0 Å². The Hall–Kier alpha value is -1.26. The second kappa shape index (κ2) is 4.55. The quantitative estimate of drug-likeness (QED) is 0.702. The van der Waals surface area contributed by atoms with Crippen molar-refractivity contribution in [1.29, 1.82) is 0 Å². The third-order valence-electron chi connectivity index (χ3n) is 2.77. The molecule has 1 amide bonds. The van der Waals surface area contributed by atoms with E-state index in [0.717, 1.165) is 19.4 Å². The van der Waals surface area contributed by atoms with E-state index in [4.69, 9.17) is 9.47 Å². The van der Waals surface area contributed by atoms with Gasteiger partial charge in [0.15, 0.2) is 0 Å². The first-order valence-electron chi connectivity index (χ1n) is 6.14. The maximum Gasteiger partial charge on any atom is 0.410 e. The molecular formula is C12H20N2O3. The summed E-state index contributed by atoms with van der Waals surface area (Å²) in [6.07, 6.45) is 1.63. The van der Waals surface area contributed by atoms with E-state index >= 15 is 0 Å². The SMILES string of the molecule is CC(C)(C)OC(=O)N1CCCC1C1=NCCO1. The number of carbonyl (C=O) groups excluding carboxylic acids is 1. The molecule has 0 aromatic heterocycles. The Morgan fingerprint density at radius 1 is 1.53 bits per heavy atom. The van der Waals surface area contributed by atoms with E-state index < -0.39 is 5.60 Å². The highest BCUT2D eigenvalue weighted by Gasteiger charge is 2.37. The van der Waals surface area contributed by atoms with Gasteiger partial charge in [-0.2, -0.15) is 0 Å². The molecule has 2 heterocycles. The number of amides is 1. The number of rotatable bonds is 1. The van der Waals surface area contributed by atoms with Crippen LogP contribution in [0.15, 0.2) is 4.99 Å². The number of likely N-dealkylation sites (tertiary alicyclic amines) is 1. The van der Waals surface area contributed by atoms with Gasteiger partial charge in [0, 0.05) is 6.54 Å². The summed E-state index contributed by atoms with van der Waals surface area (Å²) >= 11 is 0. The second-order valence-corrected chi connectivity index (χ2v) is 5.40. The van der Waals surface area contributed by atoms with Crippen LogP contribution in [-0.2, 0) is 9.47 Å². The molecule has 0 saturated carbocycles. The highest BCUT2D eigenvalue weighted by atomic mass is 16.6. The third kappa shape index (κ3) is 2.90. The van der Waals surface area contributed by atoms with Crippen LogP contribution in [0.2, 0.25) is 0 Å². The molecular weight excluding hydrogens is 220 g/mol. The van der Waals surface area contributed by atoms with Crippen molar-refractivity contribution in [2.24, 2.45) is 4.99 Å². The minimum absolute atomic E-state index is 0.0210. The number of ether oxygens (including phenoxy) is 2. The van der Waals surface area contributed by atoms with Crippen molar-refractivity contribution in [2.75, 3.05) is 19.7 Å². The fourth-order valence-corrected chi connectivity index (χ4v) is 2.12. The topological polar surface area (TPSA) is 51.1 Å². The van der Waals surface area contributed by atoms with Gasteiger partial charge in [0.25, 0.3) is 0 Å². The molecule has 0 N–H and O–H groups in total. The molecule has 1 fully saturated rings. The van der Waals surface area contributed by atoms with Crippen molar-refractivity contribution < 1.29 is 14.3 Å². The normalized spacial score (nSPS) is 24.5. The summed E-state index contributed by atoms with van der Waals surface area (Å²) in [5, 5.41) is 0. The molecule has 5 heteroatoms. The summed E-state index contributed by atoms with van der Waals surface area (Å²) < 4.78 is 10.8. The van der Waals surface area contributed by atoms with Gasteiger partial charge in [0.1, 0.15) is 18.2 Å². The van der Waals surface area contributed by atoms with Crippen LogP contribution in [0.5, 0.6) is 0 Å². The first-order chi connectivity index (χ1) is 7.97. The largest absolute Gasteiger partial charge is 0.478 e. The lowest BCUT2D eigenvalue weighted by Gasteiger charge is -2.28. The molecule has 0 bridgehead atoms. The Kier molecular flexibility index (Phi) is 3.26. The van der Waals surface area contributed by atoms with Crippen LogP contribution in [0.4, 0.5) is 4.79 Å². The van der Waals surface area contributed by atoms with Gasteiger partial charge >= 0.3 is 6.09 Å². The van der Waals surface area contributed by atoms with Gasteiger partial charge in [-0.25, -0.2) is 4.79 Å². The van der Waals surface area contributed by atoms with Crippen LogP contribution in [0, 0.1) is 0 Å². The van der Waals surface area contributed by atoms with Crippen molar-refractivity contribution in [1.82, 2.24) is 4.90 Å². The molecule has 1 atom stereocenters. The molecule has 2 rings (SSSR count). The average Bonchev–Trinajstić information content (AvgIpc) is 2.85. The molecule has 96 valence electrons. The van der Waals surface area contributed by atoms with Crippen LogP contribution in [0.3, 0.4) is 0 Å². The molecule has 1 saturated heterocycles. The zero-order chi connectivity index (χ0) is 12.5.